The maximum absolute atomic E-state index is 11.7. The van der Waals surface area contributed by atoms with Gasteiger partial charge in [-0.15, -0.1) is 11.3 Å². The van der Waals surface area contributed by atoms with Gasteiger partial charge in [0.05, 0.1) is 11.5 Å². The third-order valence-corrected chi connectivity index (χ3v) is 6.45. The van der Waals surface area contributed by atoms with E-state index in [0.717, 1.165) is 67.5 Å². The van der Waals surface area contributed by atoms with Crippen molar-refractivity contribution >= 4 is 35.5 Å². The fraction of sp³-hybridized carbons (Fsp3) is 0.480. The van der Waals surface area contributed by atoms with Crippen molar-refractivity contribution in [1.29, 1.82) is 0 Å². The Hall–Kier alpha value is -1.91. The van der Waals surface area contributed by atoms with Gasteiger partial charge in [0.2, 0.25) is 0 Å². The number of unbranched alkanes of at least 4 members (excludes halogenated alkanes) is 2. The van der Waals surface area contributed by atoms with E-state index in [1.165, 1.54) is 16.0 Å². The van der Waals surface area contributed by atoms with E-state index in [0.29, 0.717) is 6.54 Å². The van der Waals surface area contributed by atoms with E-state index >= 15 is 0 Å². The van der Waals surface area contributed by atoms with E-state index in [1.807, 2.05) is 0 Å². The van der Waals surface area contributed by atoms with Crippen molar-refractivity contribution in [2.24, 2.45) is 0 Å². The van der Waals surface area contributed by atoms with Crippen molar-refractivity contribution in [2.75, 3.05) is 24.6 Å². The second-order valence-corrected chi connectivity index (χ2v) is 8.42. The van der Waals surface area contributed by atoms with Gasteiger partial charge in [0.25, 0.3) is 0 Å². The molecule has 1 N–H and O–H groups in total. The van der Waals surface area contributed by atoms with Gasteiger partial charge in [0.15, 0.2) is 6.29 Å². The number of likely N-dealkylation sites (N-methyl/N-ethyl adjacent to an activating group) is 1. The zero-order chi connectivity index (χ0) is 21.1. The average Bonchev–Trinajstić information content (AvgIpc) is 3.09. The van der Waals surface area contributed by atoms with Gasteiger partial charge in [0.1, 0.15) is 0 Å². The highest BCUT2D eigenvalue weighted by Gasteiger charge is 2.15. The minimum Gasteiger partial charge on any atom is -0.395 e. The van der Waals surface area contributed by atoms with Crippen LogP contribution in [0.25, 0.3) is 12.2 Å². The number of nitrogens with zero attached hydrogens (tertiary/aromatic N) is 1. The highest BCUT2D eigenvalue weighted by molar-refractivity contribution is 7.15. The van der Waals surface area contributed by atoms with Crippen LogP contribution in [-0.4, -0.2) is 31.1 Å². The molecule has 0 radical (unpaired) electrons. The summed E-state index contributed by atoms with van der Waals surface area (Å²) in [5.41, 5.74) is 4.92. The highest BCUT2D eigenvalue weighted by atomic mass is 32.1. The molecule has 4 heteroatoms. The van der Waals surface area contributed by atoms with Crippen LogP contribution in [0.15, 0.2) is 24.3 Å². The molecule has 3 nitrogen and oxygen atoms in total. The van der Waals surface area contributed by atoms with E-state index in [1.54, 1.807) is 11.3 Å². The zero-order valence-corrected chi connectivity index (χ0v) is 18.9. The Morgan fingerprint density at radius 2 is 1.55 bits per heavy atom. The first-order valence-electron chi connectivity index (χ1n) is 10.9. The van der Waals surface area contributed by atoms with Crippen molar-refractivity contribution in [3.8, 4) is 0 Å². The Morgan fingerprint density at radius 3 is 2.07 bits per heavy atom. The number of thiophene rings is 1. The predicted molar refractivity (Wildman–Crippen MR) is 127 cm³/mol. The van der Waals surface area contributed by atoms with Crippen LogP contribution in [0.4, 0.5) is 5.69 Å². The second-order valence-electron chi connectivity index (χ2n) is 7.34. The smallest absolute Gasteiger partial charge is 0.160 e. The molecule has 0 atom stereocenters. The Morgan fingerprint density at radius 1 is 0.931 bits per heavy atom. The summed E-state index contributed by atoms with van der Waals surface area (Å²) in [5, 5.41) is 9.20. The van der Waals surface area contributed by atoms with Gasteiger partial charge >= 0.3 is 0 Å². The molecule has 1 aromatic carbocycles. The topological polar surface area (TPSA) is 40.5 Å². The fourth-order valence-electron chi connectivity index (χ4n) is 3.58. The number of hydrogen-bond acceptors (Lipinski definition) is 4. The van der Waals surface area contributed by atoms with E-state index in [2.05, 4.69) is 62.1 Å². The highest BCUT2D eigenvalue weighted by Crippen LogP contribution is 2.32. The van der Waals surface area contributed by atoms with E-state index in [4.69, 9.17) is 0 Å². The fourth-order valence-corrected chi connectivity index (χ4v) is 4.70. The van der Waals surface area contributed by atoms with Gasteiger partial charge in [-0.2, -0.15) is 0 Å². The molecule has 158 valence electrons. The van der Waals surface area contributed by atoms with Crippen molar-refractivity contribution in [2.45, 2.75) is 59.3 Å². The molecule has 0 fully saturated rings. The summed E-state index contributed by atoms with van der Waals surface area (Å²) in [6.07, 6.45) is 12.0. The number of aliphatic hydroxyl groups is 1. The van der Waals surface area contributed by atoms with Crippen molar-refractivity contribution < 1.29 is 9.90 Å². The largest absolute Gasteiger partial charge is 0.395 e. The molecule has 0 amide bonds. The number of hydrogen-bond donors (Lipinski definition) is 1. The first-order chi connectivity index (χ1) is 14.2. The SMILES string of the molecule is CCCCc1c(C=O)sc(/C=C/c2ccc(N(CC)CCO)cc2)c1CCCC. The molecular formula is C25H35NO2S. The number of carbonyl (C=O) groups is 1. The third-order valence-electron chi connectivity index (χ3n) is 5.28. The lowest BCUT2D eigenvalue weighted by Crippen LogP contribution is -2.25. The lowest BCUT2D eigenvalue weighted by atomic mass is 9.98. The van der Waals surface area contributed by atoms with Gasteiger partial charge in [-0.05, 0) is 67.5 Å². The molecule has 29 heavy (non-hydrogen) atoms. The van der Waals surface area contributed by atoms with Gasteiger partial charge in [-0.3, -0.25) is 4.79 Å². The Kier molecular flexibility index (Phi) is 10.2. The number of aldehydes is 1. The lowest BCUT2D eigenvalue weighted by molar-refractivity contribution is 0.112. The summed E-state index contributed by atoms with van der Waals surface area (Å²) in [4.78, 5) is 15.9. The zero-order valence-electron chi connectivity index (χ0n) is 18.1. The lowest BCUT2D eigenvalue weighted by Gasteiger charge is -2.21. The molecule has 0 bridgehead atoms. The number of carbonyl (C=O) groups excluding carboxylic acids is 1. The summed E-state index contributed by atoms with van der Waals surface area (Å²) in [5.74, 6) is 0. The summed E-state index contributed by atoms with van der Waals surface area (Å²) in [6, 6.07) is 8.44. The number of anilines is 1. The molecule has 0 aliphatic rings. The summed E-state index contributed by atoms with van der Waals surface area (Å²) < 4.78 is 0. The molecule has 0 aliphatic carbocycles. The molecule has 1 heterocycles. The Labute approximate surface area is 180 Å². The van der Waals surface area contributed by atoms with Crippen molar-refractivity contribution in [3.05, 3.63) is 50.7 Å². The van der Waals surface area contributed by atoms with Gasteiger partial charge in [-0.1, -0.05) is 44.9 Å². The summed E-state index contributed by atoms with van der Waals surface area (Å²) in [6.45, 7) is 8.19. The first-order valence-corrected chi connectivity index (χ1v) is 11.7. The normalized spacial score (nSPS) is 11.3. The third kappa shape index (κ3) is 6.55. The predicted octanol–water partition coefficient (Wildman–Crippen LogP) is 6.23. The monoisotopic (exact) mass is 413 g/mol. The summed E-state index contributed by atoms with van der Waals surface area (Å²) in [7, 11) is 0. The maximum atomic E-state index is 11.7. The van der Waals surface area contributed by atoms with Gasteiger partial charge in [0, 0.05) is 23.7 Å². The van der Waals surface area contributed by atoms with E-state index < -0.39 is 0 Å². The molecule has 0 aliphatic heterocycles. The molecule has 0 saturated carbocycles. The Balaban J connectivity index is 2.26. The van der Waals surface area contributed by atoms with Crippen LogP contribution in [0.2, 0.25) is 0 Å². The van der Waals surface area contributed by atoms with Crippen LogP contribution in [0.1, 0.15) is 77.7 Å². The van der Waals surface area contributed by atoms with Gasteiger partial charge in [-0.25, -0.2) is 0 Å². The van der Waals surface area contributed by atoms with E-state index in [9.17, 15) is 9.90 Å². The maximum Gasteiger partial charge on any atom is 0.160 e. The number of rotatable bonds is 13. The van der Waals surface area contributed by atoms with Crippen LogP contribution in [0, 0.1) is 0 Å². The van der Waals surface area contributed by atoms with E-state index in [-0.39, 0.29) is 6.61 Å². The molecule has 0 unspecified atom stereocenters. The quantitative estimate of drug-likeness (QED) is 0.395. The van der Waals surface area contributed by atoms with Crippen LogP contribution < -0.4 is 4.90 Å². The van der Waals surface area contributed by atoms with Crippen LogP contribution in [0.5, 0.6) is 0 Å². The first kappa shape index (κ1) is 23.4. The minimum atomic E-state index is 0.161. The molecule has 0 saturated heterocycles. The van der Waals surface area contributed by atoms with Crippen molar-refractivity contribution in [3.63, 3.8) is 0 Å². The summed E-state index contributed by atoms with van der Waals surface area (Å²) >= 11 is 1.63. The molecule has 2 rings (SSSR count). The van der Waals surface area contributed by atoms with Crippen LogP contribution in [0.3, 0.4) is 0 Å². The Bertz CT molecular complexity index is 777. The molecule has 1 aromatic heterocycles. The second kappa shape index (κ2) is 12.6. The standard InChI is InChI=1S/C25H35NO2S/c1-4-7-9-22-23(10-8-5-2)25(19-28)29-24(22)16-13-20-11-14-21(15-12-20)26(6-3)17-18-27/h11-16,19,27H,4-10,17-18H2,1-3H3/b16-13+. The molecule has 2 aromatic rings. The molecular weight excluding hydrogens is 378 g/mol. The number of benzene rings is 1. The average molecular weight is 414 g/mol. The van der Waals surface area contributed by atoms with Crippen LogP contribution >= 0.6 is 11.3 Å². The van der Waals surface area contributed by atoms with Gasteiger partial charge < -0.3 is 10.0 Å². The number of aliphatic hydroxyl groups excluding tert-OH is 1. The van der Waals surface area contributed by atoms with Crippen LogP contribution in [-0.2, 0) is 12.8 Å². The molecule has 0 spiro atoms. The minimum absolute atomic E-state index is 0.161. The van der Waals surface area contributed by atoms with Crippen molar-refractivity contribution in [1.82, 2.24) is 0 Å².